The molecule has 2 heteroatoms. The third-order valence-electron chi connectivity index (χ3n) is 0.816. The summed E-state index contributed by atoms with van der Waals surface area (Å²) in [6.07, 6.45) is 0. The Morgan fingerprint density at radius 2 is 2.83 bits per heavy atom. The van der Waals surface area contributed by atoms with Crippen LogP contribution in [0.25, 0.3) is 0 Å². The van der Waals surface area contributed by atoms with Crippen LogP contribution in [-0.2, 0) is 0 Å². The number of nitrogens with zero attached hydrogens (tertiary/aromatic N) is 1. The quantitative estimate of drug-likeness (QED) is 0.443. The predicted molar refractivity (Wildman–Crippen MR) is 30.0 cm³/mol. The molecule has 0 N–H and O–H groups in total. The standard InChI is InChI=1S/C4H9NS/c1-5-2-3-6-4-5/h2-4H2,1H3/i4D. The van der Waals surface area contributed by atoms with Crippen molar-refractivity contribution < 1.29 is 1.37 Å². The van der Waals surface area contributed by atoms with Gasteiger partial charge in [-0.05, 0) is 7.05 Å². The molecule has 1 saturated heterocycles. The van der Waals surface area contributed by atoms with Crippen molar-refractivity contribution in [1.29, 1.82) is 0 Å². The van der Waals surface area contributed by atoms with Gasteiger partial charge in [-0.1, -0.05) is 0 Å². The van der Waals surface area contributed by atoms with E-state index in [1.807, 2.05) is 11.9 Å². The summed E-state index contributed by atoms with van der Waals surface area (Å²) >= 11 is 1.70. The van der Waals surface area contributed by atoms with E-state index >= 15 is 0 Å². The second kappa shape index (κ2) is 1.85. The molecule has 0 radical (unpaired) electrons. The Labute approximate surface area is 44.1 Å². The first-order chi connectivity index (χ1) is 3.30. The fraction of sp³-hybridized carbons (Fsp3) is 1.00. The lowest BCUT2D eigenvalue weighted by Gasteiger charge is -1.99. The van der Waals surface area contributed by atoms with Gasteiger partial charge in [0.05, 0.1) is 1.37 Å². The Morgan fingerprint density at radius 1 is 2.00 bits per heavy atom. The molecule has 0 aromatic rings. The molecule has 1 aliphatic heterocycles. The van der Waals surface area contributed by atoms with E-state index in [1.165, 1.54) is 0 Å². The lowest BCUT2D eigenvalue weighted by molar-refractivity contribution is 0.438. The van der Waals surface area contributed by atoms with E-state index in [1.54, 1.807) is 11.8 Å². The minimum atomic E-state index is 0.0139. The van der Waals surface area contributed by atoms with Crippen LogP contribution in [0.2, 0.25) is 0 Å². The van der Waals surface area contributed by atoms with Crippen LogP contribution in [0.15, 0.2) is 0 Å². The zero-order valence-corrected chi connectivity index (χ0v) is 4.66. The van der Waals surface area contributed by atoms with E-state index in [2.05, 4.69) is 0 Å². The average Bonchev–Trinajstić information content (AvgIpc) is 1.91. The van der Waals surface area contributed by atoms with Gasteiger partial charge in [-0.3, -0.25) is 4.90 Å². The van der Waals surface area contributed by atoms with Crippen molar-refractivity contribution >= 4 is 11.8 Å². The van der Waals surface area contributed by atoms with E-state index < -0.39 is 0 Å². The highest BCUT2D eigenvalue weighted by molar-refractivity contribution is 7.99. The fourth-order valence-corrected chi connectivity index (χ4v) is 1.29. The van der Waals surface area contributed by atoms with Crippen LogP contribution in [0, 0.1) is 0 Å². The van der Waals surface area contributed by atoms with Gasteiger partial charge in [0.25, 0.3) is 0 Å². The van der Waals surface area contributed by atoms with Crippen LogP contribution < -0.4 is 0 Å². The van der Waals surface area contributed by atoms with Gasteiger partial charge in [0, 0.05) is 18.2 Å². The van der Waals surface area contributed by atoms with Gasteiger partial charge in [0.2, 0.25) is 0 Å². The van der Waals surface area contributed by atoms with Crippen molar-refractivity contribution in [2.45, 2.75) is 0 Å². The van der Waals surface area contributed by atoms with Crippen molar-refractivity contribution in [3.8, 4) is 0 Å². The predicted octanol–water partition coefficient (Wildman–Crippen LogP) is 0.623. The third kappa shape index (κ3) is 0.884. The average molecular weight is 104 g/mol. The zero-order chi connectivity index (χ0) is 5.28. The molecule has 0 aromatic heterocycles. The smallest absolute Gasteiger partial charge is 0.0548 e. The SMILES string of the molecule is [2H]C1SCCN1C. The van der Waals surface area contributed by atoms with Crippen molar-refractivity contribution in [3.05, 3.63) is 0 Å². The first-order valence-electron chi connectivity index (χ1n) is 2.62. The zero-order valence-electron chi connectivity index (χ0n) is 4.85. The minimum Gasteiger partial charge on any atom is -0.296 e. The van der Waals surface area contributed by atoms with Crippen molar-refractivity contribution in [2.75, 3.05) is 25.2 Å². The van der Waals surface area contributed by atoms with Crippen LogP contribution in [0.1, 0.15) is 1.37 Å². The maximum Gasteiger partial charge on any atom is 0.0548 e. The van der Waals surface area contributed by atoms with Gasteiger partial charge in [-0.15, -0.1) is 11.8 Å². The molecular formula is C4H9NS. The Morgan fingerprint density at radius 3 is 3.00 bits per heavy atom. The summed E-state index contributed by atoms with van der Waals surface area (Å²) in [5.74, 6) is 1.14. The first kappa shape index (κ1) is 3.33. The van der Waals surface area contributed by atoms with Gasteiger partial charge in [0.1, 0.15) is 0 Å². The number of rotatable bonds is 0. The van der Waals surface area contributed by atoms with Gasteiger partial charge >= 0.3 is 0 Å². The molecular weight excluding hydrogens is 94.1 g/mol. The highest BCUT2D eigenvalue weighted by atomic mass is 32.2. The Kier molecular flexibility index (Phi) is 1.02. The summed E-state index contributed by atoms with van der Waals surface area (Å²) in [7, 11) is 1.98. The van der Waals surface area contributed by atoms with E-state index in [0.717, 1.165) is 12.3 Å². The summed E-state index contributed by atoms with van der Waals surface area (Å²) in [6, 6.07) is 0. The van der Waals surface area contributed by atoms with Crippen LogP contribution in [0.5, 0.6) is 0 Å². The topological polar surface area (TPSA) is 3.24 Å². The second-order valence-corrected chi connectivity index (χ2v) is 2.41. The summed E-state index contributed by atoms with van der Waals surface area (Å²) in [5.41, 5.74) is 0. The Hall–Kier alpha value is 0.310. The maximum atomic E-state index is 7.23. The van der Waals surface area contributed by atoms with Crippen molar-refractivity contribution in [2.24, 2.45) is 0 Å². The molecule has 0 saturated carbocycles. The van der Waals surface area contributed by atoms with Crippen molar-refractivity contribution in [3.63, 3.8) is 0 Å². The lowest BCUT2D eigenvalue weighted by Crippen LogP contribution is -2.11. The van der Waals surface area contributed by atoms with Gasteiger partial charge < -0.3 is 0 Å². The van der Waals surface area contributed by atoms with E-state index in [4.69, 9.17) is 1.37 Å². The highest BCUT2D eigenvalue weighted by Gasteiger charge is 2.03. The normalized spacial score (nSPS) is 40.2. The molecule has 1 fully saturated rings. The molecule has 1 nitrogen and oxygen atoms in total. The van der Waals surface area contributed by atoms with Gasteiger partial charge in [-0.25, -0.2) is 0 Å². The molecule has 0 aliphatic carbocycles. The number of hydrogen-bond donors (Lipinski definition) is 0. The lowest BCUT2D eigenvalue weighted by atomic mass is 10.7. The molecule has 6 heavy (non-hydrogen) atoms. The number of thioether (sulfide) groups is 1. The summed E-state index contributed by atoms with van der Waals surface area (Å²) in [5, 5.41) is 0. The molecule has 1 rings (SSSR count). The summed E-state index contributed by atoms with van der Waals surface area (Å²) < 4.78 is 7.23. The monoisotopic (exact) mass is 104 g/mol. The van der Waals surface area contributed by atoms with Crippen molar-refractivity contribution in [1.82, 2.24) is 4.90 Å². The van der Waals surface area contributed by atoms with E-state index in [9.17, 15) is 0 Å². The molecule has 1 atom stereocenters. The van der Waals surface area contributed by atoms with E-state index in [0.29, 0.717) is 0 Å². The first-order valence-corrected chi connectivity index (χ1v) is 3.09. The summed E-state index contributed by atoms with van der Waals surface area (Å²) in [6.45, 7) is 1.08. The highest BCUT2D eigenvalue weighted by Crippen LogP contribution is 2.09. The van der Waals surface area contributed by atoms with Crippen LogP contribution >= 0.6 is 11.8 Å². The van der Waals surface area contributed by atoms with Gasteiger partial charge in [0.15, 0.2) is 0 Å². The molecule has 36 valence electrons. The van der Waals surface area contributed by atoms with E-state index in [-0.39, 0.29) is 5.85 Å². The Bertz CT molecular complexity index is 60.7. The largest absolute Gasteiger partial charge is 0.296 e. The van der Waals surface area contributed by atoms with Crippen LogP contribution in [0.3, 0.4) is 0 Å². The molecule has 1 aliphatic rings. The fourth-order valence-electron chi connectivity index (χ4n) is 0.429. The second-order valence-electron chi connectivity index (χ2n) is 1.46. The van der Waals surface area contributed by atoms with Crippen LogP contribution in [-0.4, -0.2) is 30.1 Å². The van der Waals surface area contributed by atoms with Gasteiger partial charge in [-0.2, -0.15) is 0 Å². The molecule has 0 amide bonds. The number of hydrogen-bond acceptors (Lipinski definition) is 2. The Balaban J connectivity index is 2.33. The molecule has 0 aromatic carbocycles. The summed E-state index contributed by atoms with van der Waals surface area (Å²) in [4.78, 5) is 2.03. The third-order valence-corrected chi connectivity index (χ3v) is 1.74. The molecule has 0 spiro atoms. The minimum absolute atomic E-state index is 0.0139. The van der Waals surface area contributed by atoms with Crippen LogP contribution in [0.4, 0.5) is 0 Å². The molecule has 0 bridgehead atoms. The molecule has 1 heterocycles. The maximum absolute atomic E-state index is 7.23. The molecule has 1 unspecified atom stereocenters.